The summed E-state index contributed by atoms with van der Waals surface area (Å²) in [6.45, 7) is 2.27. The van der Waals surface area contributed by atoms with Gasteiger partial charge >= 0.3 is 6.09 Å². The molecule has 9 atom stereocenters. The number of carbonyl (C=O) groups is 4. The van der Waals surface area contributed by atoms with Crippen molar-refractivity contribution in [2.24, 2.45) is 29.1 Å². The minimum atomic E-state index is -1.53. The molecule has 4 amide bonds. The lowest BCUT2D eigenvalue weighted by Gasteiger charge is -2.45. The molecular weight excluding hydrogens is 563 g/mol. The number of alkyl carbamates (subject to hydrolysis) is 1. The van der Waals surface area contributed by atoms with Gasteiger partial charge in [0.2, 0.25) is 17.4 Å². The average Bonchev–Trinajstić information content (AvgIpc) is 3.74. The minimum absolute atomic E-state index is 0.0286. The van der Waals surface area contributed by atoms with E-state index in [1.54, 1.807) is 12.1 Å². The van der Waals surface area contributed by atoms with Crippen molar-refractivity contribution < 1.29 is 37.8 Å². The number of ether oxygens (including phenoxy) is 3. The van der Waals surface area contributed by atoms with Crippen LogP contribution in [0.25, 0.3) is 0 Å². The predicted molar refractivity (Wildman–Crippen MR) is 144 cm³/mol. The number of amides is 4. The number of alkyl halides is 1. The Morgan fingerprint density at radius 3 is 2.77 bits per heavy atom. The normalized spacial score (nSPS) is 37.0. The molecule has 2 N–H and O–H groups in total. The van der Waals surface area contributed by atoms with Crippen LogP contribution in [-0.4, -0.2) is 102 Å². The first-order chi connectivity index (χ1) is 20.6. The van der Waals surface area contributed by atoms with Crippen LogP contribution in [0.2, 0.25) is 0 Å². The Morgan fingerprint density at radius 1 is 1.28 bits per heavy atom. The first-order valence-electron chi connectivity index (χ1n) is 14.6. The van der Waals surface area contributed by atoms with E-state index >= 15 is 4.39 Å². The summed E-state index contributed by atoms with van der Waals surface area (Å²) in [5.74, 6) is -1.86. The maximum Gasteiger partial charge on any atom is 0.407 e. The van der Waals surface area contributed by atoms with E-state index in [-0.39, 0.29) is 50.4 Å². The van der Waals surface area contributed by atoms with E-state index < -0.39 is 71.0 Å². The summed E-state index contributed by atoms with van der Waals surface area (Å²) in [6, 6.07) is 2.31. The number of pyridine rings is 1. The first kappa shape index (κ1) is 27.8. The Bertz CT molecular complexity index is 1430. The summed E-state index contributed by atoms with van der Waals surface area (Å²) in [4.78, 5) is 61.4. The zero-order valence-electron chi connectivity index (χ0n) is 23.8. The van der Waals surface area contributed by atoms with Gasteiger partial charge in [0.1, 0.15) is 24.3 Å². The van der Waals surface area contributed by atoms with Gasteiger partial charge in [0.05, 0.1) is 32.9 Å². The minimum Gasteiger partial charge on any atom is -0.472 e. The molecular formula is C29H33FN6O7. The van der Waals surface area contributed by atoms with Crippen molar-refractivity contribution in [3.05, 3.63) is 18.3 Å². The Balaban J connectivity index is 1.23. The summed E-state index contributed by atoms with van der Waals surface area (Å²) in [5.41, 5.74) is -2.26. The van der Waals surface area contributed by atoms with Crippen LogP contribution >= 0.6 is 0 Å². The fourth-order valence-electron chi connectivity index (χ4n) is 8.39. The lowest BCUT2D eigenvalue weighted by Crippen LogP contribution is -2.65. The zero-order valence-corrected chi connectivity index (χ0v) is 23.8. The van der Waals surface area contributed by atoms with E-state index in [0.717, 1.165) is 0 Å². The molecule has 1 aromatic heterocycles. The summed E-state index contributed by atoms with van der Waals surface area (Å²) in [5, 5.41) is 15.5. The number of hydrogen-bond acceptors (Lipinski definition) is 9. The van der Waals surface area contributed by atoms with Crippen LogP contribution in [0.5, 0.6) is 5.75 Å². The van der Waals surface area contributed by atoms with Gasteiger partial charge in [-0.1, -0.05) is 6.92 Å². The average molecular weight is 597 g/mol. The number of aromatic nitrogens is 1. The number of nitrogens with zero attached hydrogens (tertiary/aromatic N) is 4. The Morgan fingerprint density at radius 2 is 2.07 bits per heavy atom. The molecule has 1 spiro atoms. The molecule has 0 unspecified atom stereocenters. The number of nitrogens with one attached hydrogen (secondary N) is 2. The molecule has 14 heteroatoms. The summed E-state index contributed by atoms with van der Waals surface area (Å²) >= 11 is 0. The fraction of sp³-hybridized carbons (Fsp3) is 0.655. The van der Waals surface area contributed by atoms with Gasteiger partial charge in [-0.3, -0.25) is 14.4 Å². The zero-order chi connectivity index (χ0) is 30.3. The van der Waals surface area contributed by atoms with Crippen molar-refractivity contribution in [2.75, 3.05) is 38.7 Å². The number of nitriles is 1. The standard InChI is InChI=1S/C29H33FN6O7/c1-28(12-42-13-28)22(33-27(40)41-2)25(38)35-10-17-14-6-16(18(30)7-14)20(17)21(35)24(37)36-11-29(8-15(36)9-31)26(39)34-23-19(43-29)4-3-5-32-23/h3-5,14-18,20-22H,6-8,10-13H2,1-2H3,(H,33,40)(H,32,34,39)/t14-,15-,16+,17+,18+,20-,21-,22+,29+/m0/s1. The van der Waals surface area contributed by atoms with Crippen molar-refractivity contribution in [1.29, 1.82) is 5.26 Å². The van der Waals surface area contributed by atoms with E-state index in [0.29, 0.717) is 18.6 Å². The van der Waals surface area contributed by atoms with Gasteiger partial charge in [-0.2, -0.15) is 5.26 Å². The van der Waals surface area contributed by atoms with Gasteiger partial charge in [-0.15, -0.1) is 0 Å². The van der Waals surface area contributed by atoms with Crippen molar-refractivity contribution in [3.8, 4) is 11.8 Å². The molecule has 0 radical (unpaired) electrons. The van der Waals surface area contributed by atoms with Crippen molar-refractivity contribution >= 4 is 29.6 Å². The highest BCUT2D eigenvalue weighted by Crippen LogP contribution is 2.59. The number of anilines is 1. The van der Waals surface area contributed by atoms with Crippen molar-refractivity contribution in [2.45, 2.75) is 56.1 Å². The molecule has 4 aliphatic heterocycles. The molecule has 0 aromatic carbocycles. The maximum absolute atomic E-state index is 15.2. The fourth-order valence-corrected chi connectivity index (χ4v) is 8.39. The first-order valence-corrected chi connectivity index (χ1v) is 14.6. The van der Waals surface area contributed by atoms with Crippen LogP contribution in [0, 0.1) is 40.4 Å². The van der Waals surface area contributed by atoms with E-state index in [1.807, 2.05) is 6.92 Å². The molecule has 7 rings (SSSR count). The topological polar surface area (TPSA) is 163 Å². The molecule has 43 heavy (non-hydrogen) atoms. The second-order valence-electron chi connectivity index (χ2n) is 13.0. The van der Waals surface area contributed by atoms with Crippen LogP contribution in [0.3, 0.4) is 0 Å². The van der Waals surface area contributed by atoms with E-state index in [1.165, 1.54) is 23.1 Å². The Labute approximate surface area is 247 Å². The Kier molecular flexibility index (Phi) is 6.32. The molecule has 3 saturated heterocycles. The number of halogens is 1. The summed E-state index contributed by atoms with van der Waals surface area (Å²) in [6.07, 6.45) is 0.573. The Hall–Kier alpha value is -3.99. The van der Waals surface area contributed by atoms with Crippen molar-refractivity contribution in [3.63, 3.8) is 0 Å². The lowest BCUT2D eigenvalue weighted by molar-refractivity contribution is -0.160. The number of hydrogen-bond donors (Lipinski definition) is 2. The van der Waals surface area contributed by atoms with Gasteiger partial charge in [0.15, 0.2) is 11.6 Å². The molecule has 2 bridgehead atoms. The van der Waals surface area contributed by atoms with Crippen LogP contribution < -0.4 is 15.4 Å². The highest BCUT2D eigenvalue weighted by molar-refractivity contribution is 6.01. The predicted octanol–water partition coefficient (Wildman–Crippen LogP) is 0.858. The third-order valence-corrected chi connectivity index (χ3v) is 10.5. The summed E-state index contributed by atoms with van der Waals surface area (Å²) in [7, 11) is 1.20. The van der Waals surface area contributed by atoms with E-state index in [2.05, 4.69) is 21.7 Å². The number of fused-ring (bicyclic) bond motifs is 6. The smallest absolute Gasteiger partial charge is 0.407 e. The van der Waals surface area contributed by atoms with Gasteiger partial charge < -0.3 is 34.6 Å². The molecule has 2 aliphatic carbocycles. The number of carbonyl (C=O) groups excluding carboxylic acids is 4. The molecule has 5 heterocycles. The van der Waals surface area contributed by atoms with Gasteiger partial charge in [0.25, 0.3) is 5.91 Å². The molecule has 2 saturated carbocycles. The highest BCUT2D eigenvalue weighted by Gasteiger charge is 2.66. The van der Waals surface area contributed by atoms with Crippen molar-refractivity contribution in [1.82, 2.24) is 20.1 Å². The third-order valence-electron chi connectivity index (χ3n) is 10.5. The van der Waals surface area contributed by atoms with Crippen LogP contribution in [-0.2, 0) is 23.9 Å². The van der Waals surface area contributed by atoms with Gasteiger partial charge in [-0.05, 0) is 48.6 Å². The number of rotatable bonds is 4. The van der Waals surface area contributed by atoms with E-state index in [4.69, 9.17) is 14.2 Å². The molecule has 5 fully saturated rings. The molecule has 1 aromatic rings. The quantitative estimate of drug-likeness (QED) is 0.513. The second kappa shape index (κ2) is 9.77. The van der Waals surface area contributed by atoms with E-state index in [9.17, 15) is 24.4 Å². The monoisotopic (exact) mass is 596 g/mol. The van der Waals surface area contributed by atoms with Crippen LogP contribution in [0.1, 0.15) is 26.2 Å². The molecule has 228 valence electrons. The summed E-state index contributed by atoms with van der Waals surface area (Å²) < 4.78 is 31.5. The molecule has 13 nitrogen and oxygen atoms in total. The van der Waals surface area contributed by atoms with Crippen LogP contribution in [0.4, 0.5) is 15.0 Å². The number of likely N-dealkylation sites (tertiary alicyclic amines) is 2. The lowest BCUT2D eigenvalue weighted by atomic mass is 9.77. The van der Waals surface area contributed by atoms with Gasteiger partial charge in [0, 0.05) is 24.6 Å². The second-order valence-corrected chi connectivity index (χ2v) is 13.0. The maximum atomic E-state index is 15.2. The third kappa shape index (κ3) is 4.07. The van der Waals surface area contributed by atoms with Crippen LogP contribution in [0.15, 0.2) is 18.3 Å². The SMILES string of the molecule is COC(=O)N[C@H](C(=O)N1C[C@@H]2[C@H]3C[C@@H]([C@@H]2[C@H]1C(=O)N1C[C@@]2(C[C@H]1C#N)Oc1cccnc1NC2=O)[C@H](F)C3)C1(C)COC1. The van der Waals surface area contributed by atoms with Gasteiger partial charge in [-0.25, -0.2) is 14.2 Å². The highest BCUT2D eigenvalue weighted by atomic mass is 19.1. The number of methoxy groups -OCH3 is 1. The molecule has 6 aliphatic rings. The largest absolute Gasteiger partial charge is 0.472 e.